The molecule has 0 saturated heterocycles. The lowest BCUT2D eigenvalue weighted by molar-refractivity contribution is 0.660. The predicted octanol–water partition coefficient (Wildman–Crippen LogP) is 16.6. The number of benzene rings is 10. The normalized spacial score (nSPS) is 15.6. The molecule has 0 saturated carbocycles. The van der Waals surface area contributed by atoms with E-state index >= 15 is 0 Å². The van der Waals surface area contributed by atoms with E-state index in [1.807, 2.05) is 0 Å². The first-order chi connectivity index (χ1) is 32.5. The van der Waals surface area contributed by atoms with Crippen LogP contribution in [0.3, 0.4) is 0 Å². The second kappa shape index (κ2) is 13.7. The summed E-state index contributed by atoms with van der Waals surface area (Å²) in [5, 5.41) is 2.58. The van der Waals surface area contributed by atoms with E-state index in [1.54, 1.807) is 0 Å². The molecular formula is C64H44N2. The molecule has 2 nitrogen and oxygen atoms in total. The topological polar surface area (TPSA) is 8.17 Å². The molecule has 1 spiro atoms. The van der Waals surface area contributed by atoms with Gasteiger partial charge < -0.3 is 9.47 Å². The van der Waals surface area contributed by atoms with Gasteiger partial charge in [-0.3, -0.25) is 0 Å². The standard InChI is InChI=1S/C64H44N2/c1-63(2)53-27-10-6-23-47(53)52-40-45(35-37-54(52)63)65(44-21-16-20-42(38-44)41-18-4-3-5-19-41)59-31-13-8-22-46(59)43-34-36-56-51(39-43)48-24-7-11-28-55(48)64(56)57-29-12-15-33-61(57)66-60-32-14-9-25-49(60)50-26-17-30-58(64)62(50)66/h3-40H,1-2H3. The predicted molar refractivity (Wildman–Crippen MR) is 275 cm³/mol. The Morgan fingerprint density at radius 3 is 1.79 bits per heavy atom. The van der Waals surface area contributed by atoms with Crippen molar-refractivity contribution in [3.05, 3.63) is 264 Å². The molecule has 1 aliphatic heterocycles. The molecule has 0 fully saturated rings. The number of anilines is 3. The molecular weight excluding hydrogens is 797 g/mol. The van der Waals surface area contributed by atoms with E-state index in [9.17, 15) is 0 Å². The Balaban J connectivity index is 0.998. The Morgan fingerprint density at radius 1 is 0.348 bits per heavy atom. The smallest absolute Gasteiger partial charge is 0.0754 e. The van der Waals surface area contributed by atoms with Gasteiger partial charge in [-0.25, -0.2) is 0 Å². The first kappa shape index (κ1) is 37.2. The maximum absolute atomic E-state index is 2.52. The van der Waals surface area contributed by atoms with Gasteiger partial charge in [0.1, 0.15) is 0 Å². The minimum atomic E-state index is -0.497. The van der Waals surface area contributed by atoms with E-state index < -0.39 is 5.41 Å². The summed E-state index contributed by atoms with van der Waals surface area (Å²) >= 11 is 0. The summed E-state index contributed by atoms with van der Waals surface area (Å²) in [4.78, 5) is 2.48. The van der Waals surface area contributed by atoms with Gasteiger partial charge in [0.15, 0.2) is 0 Å². The Kier molecular flexibility index (Phi) is 7.70. The molecule has 0 radical (unpaired) electrons. The van der Waals surface area contributed by atoms with Gasteiger partial charge in [0, 0.05) is 33.1 Å². The zero-order valence-corrected chi connectivity index (χ0v) is 36.8. The average Bonchev–Trinajstić information content (AvgIpc) is 3.95. The van der Waals surface area contributed by atoms with Gasteiger partial charge in [0.25, 0.3) is 0 Å². The van der Waals surface area contributed by atoms with E-state index in [2.05, 4.69) is 254 Å². The number of fused-ring (bicyclic) bond motifs is 15. The first-order valence-corrected chi connectivity index (χ1v) is 23.2. The third kappa shape index (κ3) is 4.91. The summed E-state index contributed by atoms with van der Waals surface area (Å²) in [6.45, 7) is 4.71. The summed E-state index contributed by atoms with van der Waals surface area (Å²) in [6, 6.07) is 86.3. The maximum atomic E-state index is 2.52. The van der Waals surface area contributed by atoms with Crippen LogP contribution >= 0.6 is 0 Å². The number of aromatic nitrogens is 1. The SMILES string of the molecule is CC1(C)c2ccccc2-c2cc(N(c3cccc(-c4ccccc4)c3)c3ccccc3-c3ccc4c(c3)-c3ccccc3C43c4ccccc4-n4c5ccccc5c5cccc3c54)ccc21. The molecule has 2 heteroatoms. The van der Waals surface area contributed by atoms with E-state index in [1.165, 1.54) is 105 Å². The lowest BCUT2D eigenvalue weighted by atomic mass is 9.65. The highest BCUT2D eigenvalue weighted by Crippen LogP contribution is 2.62. The second-order valence-electron chi connectivity index (χ2n) is 18.8. The zero-order valence-electron chi connectivity index (χ0n) is 36.8. The fourth-order valence-corrected chi connectivity index (χ4v) is 12.4. The van der Waals surface area contributed by atoms with Gasteiger partial charge in [-0.2, -0.15) is 0 Å². The van der Waals surface area contributed by atoms with E-state index in [-0.39, 0.29) is 5.41 Å². The van der Waals surface area contributed by atoms with Gasteiger partial charge in [-0.05, 0) is 121 Å². The molecule has 0 bridgehead atoms. The lowest BCUT2D eigenvalue weighted by Crippen LogP contribution is -2.33. The number of hydrogen-bond acceptors (Lipinski definition) is 1. The molecule has 10 aromatic carbocycles. The summed E-state index contributed by atoms with van der Waals surface area (Å²) in [6.07, 6.45) is 0. The monoisotopic (exact) mass is 840 g/mol. The van der Waals surface area contributed by atoms with Gasteiger partial charge in [0.2, 0.25) is 0 Å². The fourth-order valence-electron chi connectivity index (χ4n) is 12.4. The number of nitrogens with zero attached hydrogens (tertiary/aromatic N) is 2. The molecule has 14 rings (SSSR count). The van der Waals surface area contributed by atoms with Gasteiger partial charge in [-0.15, -0.1) is 0 Å². The molecule has 11 aromatic rings. The van der Waals surface area contributed by atoms with Crippen molar-refractivity contribution >= 4 is 38.9 Å². The highest BCUT2D eigenvalue weighted by Gasteiger charge is 2.51. The van der Waals surface area contributed by atoms with Crippen molar-refractivity contribution in [3.63, 3.8) is 0 Å². The van der Waals surface area contributed by atoms with Crippen LogP contribution in [0.5, 0.6) is 0 Å². The summed E-state index contributed by atoms with van der Waals surface area (Å²) in [5.74, 6) is 0. The Labute approximate surface area is 385 Å². The molecule has 1 aromatic heterocycles. The lowest BCUT2D eigenvalue weighted by Gasteiger charge is -2.39. The molecule has 2 heterocycles. The number of rotatable bonds is 5. The molecule has 1 unspecified atom stereocenters. The molecule has 3 aliphatic rings. The van der Waals surface area contributed by atoms with Crippen molar-refractivity contribution in [2.75, 3.05) is 4.90 Å². The molecule has 66 heavy (non-hydrogen) atoms. The van der Waals surface area contributed by atoms with E-state index in [4.69, 9.17) is 0 Å². The zero-order chi connectivity index (χ0) is 43.7. The molecule has 0 amide bonds. The Hall–Kier alpha value is -8.20. The van der Waals surface area contributed by atoms with Crippen molar-refractivity contribution in [2.45, 2.75) is 24.7 Å². The van der Waals surface area contributed by atoms with Gasteiger partial charge in [-0.1, -0.05) is 196 Å². The summed E-state index contributed by atoms with van der Waals surface area (Å²) < 4.78 is 2.52. The molecule has 2 aliphatic carbocycles. The van der Waals surface area contributed by atoms with Crippen LogP contribution in [-0.2, 0) is 10.8 Å². The van der Waals surface area contributed by atoms with Crippen LogP contribution in [0.1, 0.15) is 47.2 Å². The Morgan fingerprint density at radius 2 is 0.924 bits per heavy atom. The van der Waals surface area contributed by atoms with Crippen LogP contribution in [0.15, 0.2) is 231 Å². The van der Waals surface area contributed by atoms with Crippen molar-refractivity contribution < 1.29 is 0 Å². The summed E-state index contributed by atoms with van der Waals surface area (Å²) in [5.41, 5.74) is 24.6. The van der Waals surface area contributed by atoms with Crippen LogP contribution in [0.4, 0.5) is 17.1 Å². The molecule has 310 valence electrons. The van der Waals surface area contributed by atoms with Crippen LogP contribution in [0.25, 0.3) is 72.0 Å². The Bertz CT molecular complexity index is 3810. The van der Waals surface area contributed by atoms with Crippen molar-refractivity contribution in [1.82, 2.24) is 4.57 Å². The highest BCUT2D eigenvalue weighted by molar-refractivity contribution is 6.13. The fraction of sp³-hybridized carbons (Fsp3) is 0.0625. The minimum Gasteiger partial charge on any atom is -0.310 e. The highest BCUT2D eigenvalue weighted by atomic mass is 15.1. The third-order valence-electron chi connectivity index (χ3n) is 15.2. The van der Waals surface area contributed by atoms with E-state index in [0.29, 0.717) is 0 Å². The largest absolute Gasteiger partial charge is 0.310 e. The quantitative estimate of drug-likeness (QED) is 0.168. The van der Waals surface area contributed by atoms with Crippen molar-refractivity contribution in [2.24, 2.45) is 0 Å². The molecule has 0 N–H and O–H groups in total. The first-order valence-electron chi connectivity index (χ1n) is 23.2. The second-order valence-corrected chi connectivity index (χ2v) is 18.8. The van der Waals surface area contributed by atoms with E-state index in [0.717, 1.165) is 17.1 Å². The average molecular weight is 841 g/mol. The number of para-hydroxylation sites is 4. The third-order valence-corrected chi connectivity index (χ3v) is 15.2. The van der Waals surface area contributed by atoms with Gasteiger partial charge in [0.05, 0.1) is 27.8 Å². The van der Waals surface area contributed by atoms with Crippen LogP contribution < -0.4 is 4.90 Å². The maximum Gasteiger partial charge on any atom is 0.0754 e. The minimum absolute atomic E-state index is 0.0839. The van der Waals surface area contributed by atoms with Crippen LogP contribution in [0, 0.1) is 0 Å². The van der Waals surface area contributed by atoms with Crippen LogP contribution in [-0.4, -0.2) is 4.57 Å². The van der Waals surface area contributed by atoms with Crippen LogP contribution in [0.2, 0.25) is 0 Å². The number of hydrogen-bond donors (Lipinski definition) is 0. The summed E-state index contributed by atoms with van der Waals surface area (Å²) in [7, 11) is 0. The van der Waals surface area contributed by atoms with Crippen molar-refractivity contribution in [1.29, 1.82) is 0 Å². The molecule has 1 atom stereocenters. The van der Waals surface area contributed by atoms with Crippen molar-refractivity contribution in [3.8, 4) is 50.2 Å². The van der Waals surface area contributed by atoms with Gasteiger partial charge >= 0.3 is 0 Å².